The van der Waals surface area contributed by atoms with Crippen LogP contribution in [0.25, 0.3) is 0 Å². The van der Waals surface area contributed by atoms with E-state index in [0.29, 0.717) is 12.6 Å². The molecule has 1 fully saturated rings. The van der Waals surface area contributed by atoms with Crippen LogP contribution >= 0.6 is 0 Å². The van der Waals surface area contributed by atoms with E-state index in [4.69, 9.17) is 9.47 Å². The van der Waals surface area contributed by atoms with Gasteiger partial charge in [0.05, 0.1) is 6.61 Å². The van der Waals surface area contributed by atoms with Crippen molar-refractivity contribution in [2.45, 2.75) is 25.5 Å². The fraction of sp³-hybridized carbons (Fsp3) is 0.562. The molecule has 21 heavy (non-hydrogen) atoms. The number of carbonyl (C=O) groups is 1. The van der Waals surface area contributed by atoms with Crippen molar-refractivity contribution in [2.75, 3.05) is 34.0 Å². The lowest BCUT2D eigenvalue weighted by atomic mass is 10.0. The Hall–Kier alpha value is -1.59. The van der Waals surface area contributed by atoms with Gasteiger partial charge in [0.15, 0.2) is 6.79 Å². The summed E-state index contributed by atoms with van der Waals surface area (Å²) in [5, 5.41) is 0. The number of rotatable bonds is 2. The predicted molar refractivity (Wildman–Crippen MR) is 79.3 cm³/mol. The molecular weight excluding hydrogens is 268 g/mol. The average molecular weight is 290 g/mol. The molecule has 5 nitrogen and oxygen atoms in total. The maximum Gasteiger partial charge on any atom is 0.253 e. The van der Waals surface area contributed by atoms with Crippen molar-refractivity contribution >= 4 is 5.91 Å². The summed E-state index contributed by atoms with van der Waals surface area (Å²) >= 11 is 0. The lowest BCUT2D eigenvalue weighted by Gasteiger charge is -2.36. The van der Waals surface area contributed by atoms with Crippen LogP contribution in [-0.2, 0) is 11.3 Å². The molecule has 2 aliphatic heterocycles. The number of ether oxygens (including phenoxy) is 2. The number of hydrogen-bond donors (Lipinski definition) is 0. The highest BCUT2D eigenvalue weighted by atomic mass is 16.7. The minimum Gasteiger partial charge on any atom is -0.467 e. The molecule has 0 radical (unpaired) electrons. The Balaban J connectivity index is 1.75. The maximum absolute atomic E-state index is 12.7. The summed E-state index contributed by atoms with van der Waals surface area (Å²) in [4.78, 5) is 16.8. The van der Waals surface area contributed by atoms with Gasteiger partial charge in [-0.25, -0.2) is 0 Å². The van der Waals surface area contributed by atoms with Crippen molar-refractivity contribution in [1.29, 1.82) is 0 Å². The molecule has 1 saturated heterocycles. The van der Waals surface area contributed by atoms with Gasteiger partial charge in [0, 0.05) is 30.3 Å². The molecule has 1 unspecified atom stereocenters. The van der Waals surface area contributed by atoms with E-state index in [9.17, 15) is 4.79 Å². The number of amides is 1. The zero-order valence-corrected chi connectivity index (χ0v) is 12.7. The highest BCUT2D eigenvalue weighted by Gasteiger charge is 2.26. The minimum absolute atomic E-state index is 0.106. The van der Waals surface area contributed by atoms with E-state index in [-0.39, 0.29) is 12.7 Å². The lowest BCUT2D eigenvalue weighted by Crippen LogP contribution is -2.47. The van der Waals surface area contributed by atoms with Gasteiger partial charge >= 0.3 is 0 Å². The van der Waals surface area contributed by atoms with Crippen molar-refractivity contribution in [3.05, 3.63) is 29.3 Å². The second-order valence-electron chi connectivity index (χ2n) is 5.94. The predicted octanol–water partition coefficient (Wildman–Crippen LogP) is 1.72. The van der Waals surface area contributed by atoms with Gasteiger partial charge in [-0.1, -0.05) is 0 Å². The summed E-state index contributed by atoms with van der Waals surface area (Å²) in [6.07, 6.45) is 2.22. The summed E-state index contributed by atoms with van der Waals surface area (Å²) in [6, 6.07) is 6.08. The van der Waals surface area contributed by atoms with Gasteiger partial charge in [-0.05, 0) is 45.1 Å². The summed E-state index contributed by atoms with van der Waals surface area (Å²) in [5.74, 6) is 0.928. The summed E-state index contributed by atoms with van der Waals surface area (Å²) in [7, 11) is 4.15. The summed E-state index contributed by atoms with van der Waals surface area (Å²) in [5.41, 5.74) is 1.68. The van der Waals surface area contributed by atoms with E-state index in [1.807, 2.05) is 23.1 Å². The Labute approximate surface area is 125 Å². The Morgan fingerprint density at radius 1 is 1.38 bits per heavy atom. The molecule has 3 rings (SSSR count). The smallest absolute Gasteiger partial charge is 0.253 e. The molecule has 1 atom stereocenters. The Morgan fingerprint density at radius 3 is 3.05 bits per heavy atom. The van der Waals surface area contributed by atoms with Crippen LogP contribution in [-0.4, -0.2) is 55.7 Å². The van der Waals surface area contributed by atoms with Crippen LogP contribution in [0, 0.1) is 0 Å². The summed E-state index contributed by atoms with van der Waals surface area (Å²) < 4.78 is 10.7. The minimum atomic E-state index is 0.106. The number of likely N-dealkylation sites (N-methyl/N-ethyl adjacent to an activating group) is 1. The van der Waals surface area contributed by atoms with Gasteiger partial charge in [-0.2, -0.15) is 0 Å². The second kappa shape index (κ2) is 6.03. The number of piperidine rings is 1. The first-order valence-corrected chi connectivity index (χ1v) is 7.44. The molecule has 0 bridgehead atoms. The van der Waals surface area contributed by atoms with Crippen LogP contribution in [0.3, 0.4) is 0 Å². The van der Waals surface area contributed by atoms with Crippen molar-refractivity contribution in [2.24, 2.45) is 0 Å². The molecule has 114 valence electrons. The molecule has 0 saturated carbocycles. The third kappa shape index (κ3) is 3.04. The van der Waals surface area contributed by atoms with Gasteiger partial charge < -0.3 is 19.3 Å². The molecule has 0 N–H and O–H groups in total. The summed E-state index contributed by atoms with van der Waals surface area (Å²) in [6.45, 7) is 2.44. The molecule has 0 aromatic heterocycles. The number of benzene rings is 1. The Kier molecular flexibility index (Phi) is 4.12. The van der Waals surface area contributed by atoms with Crippen molar-refractivity contribution in [3.63, 3.8) is 0 Å². The molecule has 5 heteroatoms. The van der Waals surface area contributed by atoms with E-state index in [2.05, 4.69) is 19.0 Å². The maximum atomic E-state index is 12.7. The van der Waals surface area contributed by atoms with Crippen molar-refractivity contribution < 1.29 is 14.3 Å². The zero-order chi connectivity index (χ0) is 14.8. The highest BCUT2D eigenvalue weighted by Crippen LogP contribution is 2.25. The van der Waals surface area contributed by atoms with Gasteiger partial charge in [0.1, 0.15) is 5.75 Å². The van der Waals surface area contributed by atoms with Crippen LogP contribution in [0.2, 0.25) is 0 Å². The van der Waals surface area contributed by atoms with Gasteiger partial charge in [0.2, 0.25) is 0 Å². The standard InChI is InChI=1S/C16H22N2O3/c1-17(2)14-4-3-7-18(9-14)16(19)12-5-6-15-13(8-12)10-20-11-21-15/h5-6,8,14H,3-4,7,9-11H2,1-2H3. The fourth-order valence-electron chi connectivity index (χ4n) is 2.97. The quantitative estimate of drug-likeness (QED) is 0.832. The van der Waals surface area contributed by atoms with Gasteiger partial charge in [-0.15, -0.1) is 0 Å². The van der Waals surface area contributed by atoms with Crippen molar-refractivity contribution in [3.8, 4) is 5.75 Å². The zero-order valence-electron chi connectivity index (χ0n) is 12.7. The van der Waals surface area contributed by atoms with E-state index in [0.717, 1.165) is 42.8 Å². The third-order valence-corrected chi connectivity index (χ3v) is 4.28. The van der Waals surface area contributed by atoms with Crippen LogP contribution in [0.4, 0.5) is 0 Å². The molecule has 2 heterocycles. The molecule has 0 aliphatic carbocycles. The van der Waals surface area contributed by atoms with Crippen LogP contribution in [0.1, 0.15) is 28.8 Å². The van der Waals surface area contributed by atoms with Crippen LogP contribution in [0.5, 0.6) is 5.75 Å². The Morgan fingerprint density at radius 2 is 2.24 bits per heavy atom. The second-order valence-corrected chi connectivity index (χ2v) is 5.94. The van der Waals surface area contributed by atoms with Crippen LogP contribution < -0.4 is 4.74 Å². The Bertz CT molecular complexity index is 530. The number of nitrogens with zero attached hydrogens (tertiary/aromatic N) is 2. The van der Waals surface area contributed by atoms with Gasteiger partial charge in [0.25, 0.3) is 5.91 Å². The van der Waals surface area contributed by atoms with Gasteiger partial charge in [-0.3, -0.25) is 4.79 Å². The SMILES string of the molecule is CN(C)C1CCCN(C(=O)c2ccc3c(c2)COCO3)C1. The molecule has 1 amide bonds. The number of fused-ring (bicyclic) bond motifs is 1. The van der Waals surface area contributed by atoms with E-state index in [1.54, 1.807) is 0 Å². The van der Waals surface area contributed by atoms with Crippen LogP contribution in [0.15, 0.2) is 18.2 Å². The average Bonchev–Trinajstić information content (AvgIpc) is 2.53. The molecule has 2 aliphatic rings. The molecule has 0 spiro atoms. The lowest BCUT2D eigenvalue weighted by molar-refractivity contribution is -0.0164. The molecular formula is C16H22N2O3. The normalized spacial score (nSPS) is 21.9. The van der Waals surface area contributed by atoms with E-state index in [1.165, 1.54) is 0 Å². The largest absolute Gasteiger partial charge is 0.467 e. The van der Waals surface area contributed by atoms with E-state index >= 15 is 0 Å². The first-order chi connectivity index (χ1) is 10.1. The monoisotopic (exact) mass is 290 g/mol. The number of likely N-dealkylation sites (tertiary alicyclic amines) is 1. The van der Waals surface area contributed by atoms with E-state index < -0.39 is 0 Å². The first kappa shape index (κ1) is 14.4. The molecule has 1 aromatic carbocycles. The molecule has 1 aromatic rings. The first-order valence-electron chi connectivity index (χ1n) is 7.44. The third-order valence-electron chi connectivity index (χ3n) is 4.28. The number of hydrogen-bond acceptors (Lipinski definition) is 4. The fourth-order valence-corrected chi connectivity index (χ4v) is 2.97. The van der Waals surface area contributed by atoms with Crippen molar-refractivity contribution in [1.82, 2.24) is 9.80 Å². The highest BCUT2D eigenvalue weighted by molar-refractivity contribution is 5.94. The topological polar surface area (TPSA) is 42.0 Å². The number of carbonyl (C=O) groups excluding carboxylic acids is 1.